The van der Waals surface area contributed by atoms with Crippen LogP contribution in [0.1, 0.15) is 11.1 Å². The van der Waals surface area contributed by atoms with E-state index in [9.17, 15) is 0 Å². The molecular formula is C17H15ClN2S2. The molecule has 1 aliphatic heterocycles. The third-order valence-electron chi connectivity index (χ3n) is 3.52. The van der Waals surface area contributed by atoms with Gasteiger partial charge in [-0.2, -0.15) is 0 Å². The average Bonchev–Trinajstić information content (AvgIpc) is 2.63. The number of rotatable bonds is 1. The van der Waals surface area contributed by atoms with Crippen LogP contribution in [0.2, 0.25) is 5.02 Å². The van der Waals surface area contributed by atoms with Crippen molar-refractivity contribution in [3.8, 4) is 0 Å². The topological polar surface area (TPSA) is 15.6 Å². The Balaban J connectivity index is 2.15. The fraction of sp³-hybridized carbons (Fsp3) is 0.176. The summed E-state index contributed by atoms with van der Waals surface area (Å²) in [7, 11) is 0. The number of amidine groups is 1. The number of thioether (sulfide) groups is 1. The number of anilines is 1. The number of thiocarbonyl (C=S) groups is 1. The molecule has 1 aliphatic rings. The van der Waals surface area contributed by atoms with E-state index in [0.29, 0.717) is 11.4 Å². The summed E-state index contributed by atoms with van der Waals surface area (Å²) in [6, 6.07) is 14.0. The molecule has 2 aromatic rings. The molecule has 0 spiro atoms. The molecule has 0 saturated heterocycles. The highest BCUT2D eigenvalue weighted by molar-refractivity contribution is 8.13. The van der Waals surface area contributed by atoms with Crippen molar-refractivity contribution >= 4 is 57.1 Å². The maximum Gasteiger partial charge on any atom is 0.173 e. The summed E-state index contributed by atoms with van der Waals surface area (Å²) >= 11 is 13.6. The molecule has 0 bridgehead atoms. The highest BCUT2D eigenvalue weighted by Gasteiger charge is 2.24. The SMILES string of the molecule is CSC1=Nc2cc(C)ccc2CC(=S)N1c1ccccc1Cl. The molecule has 1 heterocycles. The third kappa shape index (κ3) is 2.91. The van der Waals surface area contributed by atoms with E-state index in [4.69, 9.17) is 28.8 Å². The highest BCUT2D eigenvalue weighted by atomic mass is 35.5. The van der Waals surface area contributed by atoms with Crippen LogP contribution in [-0.4, -0.2) is 16.4 Å². The molecular weight excluding hydrogens is 332 g/mol. The first-order chi connectivity index (χ1) is 10.6. The summed E-state index contributed by atoms with van der Waals surface area (Å²) in [5.41, 5.74) is 4.21. The number of fused-ring (bicyclic) bond motifs is 1. The Morgan fingerprint density at radius 3 is 2.73 bits per heavy atom. The second-order valence-electron chi connectivity index (χ2n) is 5.09. The van der Waals surface area contributed by atoms with Crippen LogP contribution < -0.4 is 4.90 Å². The molecule has 2 nitrogen and oxygen atoms in total. The van der Waals surface area contributed by atoms with Crippen LogP contribution in [0.25, 0.3) is 0 Å². The van der Waals surface area contributed by atoms with Gasteiger partial charge in [-0.3, -0.25) is 4.90 Å². The van der Waals surface area contributed by atoms with Gasteiger partial charge in [0.25, 0.3) is 0 Å². The van der Waals surface area contributed by atoms with Gasteiger partial charge in [0.05, 0.1) is 21.4 Å². The van der Waals surface area contributed by atoms with Gasteiger partial charge in [0, 0.05) is 6.42 Å². The molecule has 0 radical (unpaired) electrons. The van der Waals surface area contributed by atoms with Gasteiger partial charge in [0.1, 0.15) is 0 Å². The monoisotopic (exact) mass is 346 g/mol. The minimum Gasteiger partial charge on any atom is -0.282 e. The predicted molar refractivity (Wildman–Crippen MR) is 102 cm³/mol. The normalized spacial score (nSPS) is 14.4. The van der Waals surface area contributed by atoms with Crippen LogP contribution in [-0.2, 0) is 6.42 Å². The van der Waals surface area contributed by atoms with Crippen LogP contribution in [0.5, 0.6) is 0 Å². The molecule has 2 aromatic carbocycles. The number of nitrogens with zero attached hydrogens (tertiary/aromatic N) is 2. The Bertz CT molecular complexity index is 771. The number of aryl methyl sites for hydroxylation is 1. The first kappa shape index (κ1) is 15.5. The Kier molecular flexibility index (Phi) is 4.52. The first-order valence-electron chi connectivity index (χ1n) is 6.90. The van der Waals surface area contributed by atoms with E-state index in [1.807, 2.05) is 35.4 Å². The molecule has 0 aromatic heterocycles. The molecule has 0 fully saturated rings. The van der Waals surface area contributed by atoms with Crippen molar-refractivity contribution in [1.29, 1.82) is 0 Å². The van der Waals surface area contributed by atoms with E-state index in [1.54, 1.807) is 11.8 Å². The number of para-hydroxylation sites is 1. The van der Waals surface area contributed by atoms with Gasteiger partial charge < -0.3 is 0 Å². The molecule has 0 amide bonds. The number of hydrogen-bond donors (Lipinski definition) is 0. The number of benzene rings is 2. The van der Waals surface area contributed by atoms with Gasteiger partial charge in [0.15, 0.2) is 5.17 Å². The van der Waals surface area contributed by atoms with Gasteiger partial charge in [-0.25, -0.2) is 4.99 Å². The van der Waals surface area contributed by atoms with Crippen LogP contribution >= 0.6 is 35.6 Å². The maximum atomic E-state index is 6.37. The van der Waals surface area contributed by atoms with Crippen LogP contribution in [0.15, 0.2) is 47.5 Å². The van der Waals surface area contributed by atoms with E-state index in [2.05, 4.69) is 25.1 Å². The minimum absolute atomic E-state index is 0.675. The quantitative estimate of drug-likeness (QED) is 0.644. The molecule has 0 aliphatic carbocycles. The lowest BCUT2D eigenvalue weighted by Gasteiger charge is -2.24. The molecule has 0 saturated carbocycles. The second-order valence-corrected chi connectivity index (χ2v) is 6.74. The molecule has 0 atom stereocenters. The lowest BCUT2D eigenvalue weighted by atomic mass is 10.1. The summed E-state index contributed by atoms with van der Waals surface area (Å²) in [5, 5.41) is 1.52. The number of aliphatic imine (C=N–C) groups is 1. The lowest BCUT2D eigenvalue weighted by Crippen LogP contribution is -2.34. The van der Waals surface area contributed by atoms with E-state index in [1.165, 1.54) is 5.56 Å². The Morgan fingerprint density at radius 2 is 2.00 bits per heavy atom. The zero-order valence-electron chi connectivity index (χ0n) is 12.3. The summed E-state index contributed by atoms with van der Waals surface area (Å²) < 4.78 is 0. The lowest BCUT2D eigenvalue weighted by molar-refractivity contribution is 1.29. The number of halogens is 1. The van der Waals surface area contributed by atoms with Crippen molar-refractivity contribution in [1.82, 2.24) is 0 Å². The van der Waals surface area contributed by atoms with Gasteiger partial charge >= 0.3 is 0 Å². The highest BCUT2D eigenvalue weighted by Crippen LogP contribution is 2.34. The summed E-state index contributed by atoms with van der Waals surface area (Å²) in [6.45, 7) is 2.07. The molecule has 112 valence electrons. The molecule has 0 N–H and O–H groups in total. The van der Waals surface area contributed by atoms with Crippen LogP contribution in [0.3, 0.4) is 0 Å². The minimum atomic E-state index is 0.675. The zero-order chi connectivity index (χ0) is 15.7. The van der Waals surface area contributed by atoms with Crippen molar-refractivity contribution in [3.63, 3.8) is 0 Å². The van der Waals surface area contributed by atoms with Crippen molar-refractivity contribution in [3.05, 3.63) is 58.6 Å². The van der Waals surface area contributed by atoms with Crippen molar-refractivity contribution in [2.45, 2.75) is 13.3 Å². The standard InChI is InChI=1S/C17H15ClN2S2/c1-11-7-8-12-10-16(21)20(15-6-4-3-5-13(15)18)17(22-2)19-14(12)9-11/h3-9H,10H2,1-2H3. The maximum absolute atomic E-state index is 6.37. The Morgan fingerprint density at radius 1 is 1.23 bits per heavy atom. The summed E-state index contributed by atoms with van der Waals surface area (Å²) in [5.74, 6) is 0. The predicted octanol–water partition coefficient (Wildman–Crippen LogP) is 5.39. The Labute approximate surface area is 145 Å². The van der Waals surface area contributed by atoms with E-state index in [0.717, 1.165) is 27.1 Å². The smallest absolute Gasteiger partial charge is 0.173 e. The fourth-order valence-electron chi connectivity index (χ4n) is 2.44. The van der Waals surface area contributed by atoms with E-state index in [-0.39, 0.29) is 0 Å². The number of hydrogen-bond acceptors (Lipinski definition) is 3. The Hall–Kier alpha value is -1.36. The van der Waals surface area contributed by atoms with Gasteiger partial charge in [-0.15, -0.1) is 0 Å². The first-order valence-corrected chi connectivity index (χ1v) is 8.91. The molecule has 22 heavy (non-hydrogen) atoms. The average molecular weight is 347 g/mol. The van der Waals surface area contributed by atoms with Gasteiger partial charge in [-0.05, 0) is 42.5 Å². The van der Waals surface area contributed by atoms with Gasteiger partial charge in [0.2, 0.25) is 0 Å². The van der Waals surface area contributed by atoms with Crippen LogP contribution in [0, 0.1) is 6.92 Å². The zero-order valence-corrected chi connectivity index (χ0v) is 14.7. The third-order valence-corrected chi connectivity index (χ3v) is 4.80. The van der Waals surface area contributed by atoms with Crippen molar-refractivity contribution < 1.29 is 0 Å². The van der Waals surface area contributed by atoms with Crippen molar-refractivity contribution in [2.24, 2.45) is 4.99 Å². The summed E-state index contributed by atoms with van der Waals surface area (Å²) in [4.78, 5) is 7.62. The van der Waals surface area contributed by atoms with E-state index < -0.39 is 0 Å². The fourth-order valence-corrected chi connectivity index (χ4v) is 3.64. The van der Waals surface area contributed by atoms with Gasteiger partial charge in [-0.1, -0.05) is 59.8 Å². The van der Waals surface area contributed by atoms with Crippen molar-refractivity contribution in [2.75, 3.05) is 11.2 Å². The largest absolute Gasteiger partial charge is 0.282 e. The molecule has 3 rings (SSSR count). The van der Waals surface area contributed by atoms with Crippen LogP contribution in [0.4, 0.5) is 11.4 Å². The molecule has 0 unspecified atom stereocenters. The second kappa shape index (κ2) is 6.41. The molecule has 5 heteroatoms. The summed E-state index contributed by atoms with van der Waals surface area (Å²) in [6.07, 6.45) is 2.69. The van der Waals surface area contributed by atoms with E-state index >= 15 is 0 Å².